The molecule has 1 heterocycles. The van der Waals surface area contributed by atoms with Gasteiger partial charge >= 0.3 is 0 Å². The number of aromatic nitrogens is 2. The Morgan fingerprint density at radius 1 is 1.25 bits per heavy atom. The van der Waals surface area contributed by atoms with Crippen molar-refractivity contribution in [3.8, 4) is 11.4 Å². The number of nitrogens with zero attached hydrogens (tertiary/aromatic N) is 2. The Morgan fingerprint density at radius 2 is 1.94 bits per heavy atom. The topological polar surface area (TPSA) is 42.9 Å². The first-order valence-corrected chi connectivity index (χ1v) is 5.22. The molecule has 16 heavy (non-hydrogen) atoms. The molecule has 1 aromatic heterocycles. The van der Waals surface area contributed by atoms with Crippen LogP contribution < -0.4 is 0 Å². The smallest absolute Gasteiger partial charge is 0.160 e. The van der Waals surface area contributed by atoms with Crippen LogP contribution in [0.25, 0.3) is 11.4 Å². The molecule has 2 aromatic rings. The number of benzene rings is 1. The van der Waals surface area contributed by atoms with Gasteiger partial charge in [0.05, 0.1) is 5.56 Å². The van der Waals surface area contributed by atoms with Crippen LogP contribution in [0.4, 0.5) is 4.39 Å². The molecule has 0 amide bonds. The summed E-state index contributed by atoms with van der Waals surface area (Å²) < 4.78 is 13.4. The fourth-order valence-corrected chi connectivity index (χ4v) is 1.74. The average Bonchev–Trinajstić information content (AvgIpc) is 2.29. The van der Waals surface area contributed by atoms with Crippen LogP contribution in [-0.2, 0) is 0 Å². The van der Waals surface area contributed by atoms with Gasteiger partial charge in [-0.15, -0.1) is 0 Å². The molecule has 0 aliphatic rings. The van der Waals surface area contributed by atoms with E-state index in [0.717, 1.165) is 0 Å². The zero-order chi connectivity index (χ0) is 11.5. The molecule has 0 radical (unpaired) electrons. The summed E-state index contributed by atoms with van der Waals surface area (Å²) in [6.45, 7) is 0. The molecule has 1 aromatic carbocycles. The van der Waals surface area contributed by atoms with Crippen LogP contribution in [0.1, 0.15) is 10.4 Å². The molecule has 80 valence electrons. The van der Waals surface area contributed by atoms with Crippen LogP contribution in [-0.4, -0.2) is 16.3 Å². The van der Waals surface area contributed by atoms with E-state index in [2.05, 4.69) is 25.9 Å². The highest BCUT2D eigenvalue weighted by Gasteiger charge is 2.06. The van der Waals surface area contributed by atoms with Crippen LogP contribution in [0.5, 0.6) is 0 Å². The monoisotopic (exact) mass is 280 g/mol. The Balaban J connectivity index is 2.46. The molecule has 0 fully saturated rings. The van der Waals surface area contributed by atoms with E-state index in [1.807, 2.05) is 0 Å². The van der Waals surface area contributed by atoms with Crippen LogP contribution in [0.3, 0.4) is 0 Å². The van der Waals surface area contributed by atoms with Gasteiger partial charge in [0.15, 0.2) is 12.1 Å². The number of aldehydes is 1. The maximum Gasteiger partial charge on any atom is 0.160 e. The lowest BCUT2D eigenvalue weighted by atomic mass is 10.2. The van der Waals surface area contributed by atoms with Crippen molar-refractivity contribution in [1.29, 1.82) is 0 Å². The van der Waals surface area contributed by atoms with Crippen molar-refractivity contribution in [2.24, 2.45) is 0 Å². The predicted molar refractivity (Wildman–Crippen MR) is 60.5 cm³/mol. The highest BCUT2D eigenvalue weighted by molar-refractivity contribution is 9.10. The SMILES string of the molecule is O=Cc1cnc(-c2ccc(F)cc2Br)nc1. The molecule has 0 N–H and O–H groups in total. The summed E-state index contributed by atoms with van der Waals surface area (Å²) in [6.07, 6.45) is 3.51. The van der Waals surface area contributed by atoms with E-state index >= 15 is 0 Å². The summed E-state index contributed by atoms with van der Waals surface area (Å²) in [7, 11) is 0. The van der Waals surface area contributed by atoms with Crippen molar-refractivity contribution in [3.63, 3.8) is 0 Å². The van der Waals surface area contributed by atoms with Crippen molar-refractivity contribution in [2.45, 2.75) is 0 Å². The Morgan fingerprint density at radius 3 is 2.50 bits per heavy atom. The zero-order valence-corrected chi connectivity index (χ0v) is 9.61. The highest BCUT2D eigenvalue weighted by atomic mass is 79.9. The molecular weight excluding hydrogens is 275 g/mol. The number of hydrogen-bond acceptors (Lipinski definition) is 3. The molecule has 0 saturated carbocycles. The fourth-order valence-electron chi connectivity index (χ4n) is 1.21. The third kappa shape index (κ3) is 2.14. The van der Waals surface area contributed by atoms with Crippen molar-refractivity contribution in [1.82, 2.24) is 9.97 Å². The van der Waals surface area contributed by atoms with E-state index in [0.29, 0.717) is 27.7 Å². The predicted octanol–water partition coefficient (Wildman–Crippen LogP) is 2.86. The van der Waals surface area contributed by atoms with Crippen molar-refractivity contribution >= 4 is 22.2 Å². The standard InChI is InChI=1S/C11H6BrFN2O/c12-10-3-8(13)1-2-9(10)11-14-4-7(6-16)5-15-11/h1-6H. The largest absolute Gasteiger partial charge is 0.298 e. The molecule has 0 saturated heterocycles. The maximum atomic E-state index is 12.9. The minimum Gasteiger partial charge on any atom is -0.298 e. The lowest BCUT2D eigenvalue weighted by molar-refractivity contribution is 0.112. The Hall–Kier alpha value is -1.62. The Bertz CT molecular complexity index is 528. The zero-order valence-electron chi connectivity index (χ0n) is 8.02. The number of rotatable bonds is 2. The van der Waals surface area contributed by atoms with E-state index in [1.54, 1.807) is 6.07 Å². The van der Waals surface area contributed by atoms with Gasteiger partial charge in [-0.3, -0.25) is 4.79 Å². The molecule has 5 heteroatoms. The van der Waals surface area contributed by atoms with Crippen LogP contribution in [0.2, 0.25) is 0 Å². The molecule has 0 spiro atoms. The van der Waals surface area contributed by atoms with E-state index in [9.17, 15) is 9.18 Å². The second kappa shape index (κ2) is 4.49. The van der Waals surface area contributed by atoms with E-state index in [1.165, 1.54) is 24.5 Å². The molecule has 3 nitrogen and oxygen atoms in total. The third-order valence-corrected chi connectivity index (χ3v) is 2.64. The van der Waals surface area contributed by atoms with Gasteiger partial charge in [-0.05, 0) is 34.1 Å². The lowest BCUT2D eigenvalue weighted by Crippen LogP contribution is -1.92. The van der Waals surface area contributed by atoms with Crippen LogP contribution >= 0.6 is 15.9 Å². The minimum atomic E-state index is -0.333. The van der Waals surface area contributed by atoms with E-state index in [-0.39, 0.29) is 5.82 Å². The van der Waals surface area contributed by atoms with Gasteiger partial charge in [-0.2, -0.15) is 0 Å². The van der Waals surface area contributed by atoms with Gasteiger partial charge < -0.3 is 0 Å². The first kappa shape index (κ1) is 10.9. The van der Waals surface area contributed by atoms with Crippen LogP contribution in [0.15, 0.2) is 35.1 Å². The van der Waals surface area contributed by atoms with Crippen molar-refractivity contribution < 1.29 is 9.18 Å². The third-order valence-electron chi connectivity index (χ3n) is 1.98. The van der Waals surface area contributed by atoms with E-state index < -0.39 is 0 Å². The number of carbonyl (C=O) groups excluding carboxylic acids is 1. The summed E-state index contributed by atoms with van der Waals surface area (Å²) in [5.74, 6) is 0.109. The first-order valence-electron chi connectivity index (χ1n) is 4.43. The fraction of sp³-hybridized carbons (Fsp3) is 0. The van der Waals surface area contributed by atoms with E-state index in [4.69, 9.17) is 0 Å². The molecule has 2 rings (SSSR count). The summed E-state index contributed by atoms with van der Waals surface area (Å²) in [5, 5.41) is 0. The first-order chi connectivity index (χ1) is 7.70. The molecule has 0 bridgehead atoms. The molecule has 0 aliphatic carbocycles. The summed E-state index contributed by atoms with van der Waals surface area (Å²) in [5.41, 5.74) is 1.08. The quantitative estimate of drug-likeness (QED) is 0.795. The molecule has 0 atom stereocenters. The summed E-state index contributed by atoms with van der Waals surface area (Å²) >= 11 is 3.23. The van der Waals surface area contributed by atoms with Gasteiger partial charge in [0.1, 0.15) is 5.82 Å². The normalized spacial score (nSPS) is 10.1. The van der Waals surface area contributed by atoms with Gasteiger partial charge in [-0.25, -0.2) is 14.4 Å². The second-order valence-corrected chi connectivity index (χ2v) is 3.94. The van der Waals surface area contributed by atoms with Gasteiger partial charge in [0, 0.05) is 22.4 Å². The van der Waals surface area contributed by atoms with Gasteiger partial charge in [-0.1, -0.05) is 0 Å². The molecular formula is C11H6BrFN2O. The van der Waals surface area contributed by atoms with Crippen molar-refractivity contribution in [3.05, 3.63) is 46.4 Å². The summed E-state index contributed by atoms with van der Waals surface area (Å²) in [4.78, 5) is 18.5. The lowest BCUT2D eigenvalue weighted by Gasteiger charge is -2.02. The average molecular weight is 281 g/mol. The number of hydrogen-bond donors (Lipinski definition) is 0. The maximum absolute atomic E-state index is 12.9. The molecule has 0 aliphatic heterocycles. The van der Waals surface area contributed by atoms with Gasteiger partial charge in [0.2, 0.25) is 0 Å². The Labute approximate surface area is 99.5 Å². The highest BCUT2D eigenvalue weighted by Crippen LogP contribution is 2.25. The Kier molecular flexibility index (Phi) is 3.05. The molecule has 0 unspecified atom stereocenters. The second-order valence-electron chi connectivity index (χ2n) is 3.08. The number of carbonyl (C=O) groups is 1. The summed E-state index contributed by atoms with van der Waals surface area (Å²) in [6, 6.07) is 4.25. The minimum absolute atomic E-state index is 0.333. The van der Waals surface area contributed by atoms with Crippen molar-refractivity contribution in [2.75, 3.05) is 0 Å². The number of halogens is 2. The van der Waals surface area contributed by atoms with Gasteiger partial charge in [0.25, 0.3) is 0 Å². The van der Waals surface area contributed by atoms with Crippen LogP contribution in [0, 0.1) is 5.82 Å².